The third kappa shape index (κ3) is 4.38. The molecule has 2 aromatic heterocycles. The lowest BCUT2D eigenvalue weighted by atomic mass is 10.1. The van der Waals surface area contributed by atoms with Gasteiger partial charge in [0.15, 0.2) is 11.5 Å². The Morgan fingerprint density at radius 3 is 2.69 bits per heavy atom. The van der Waals surface area contributed by atoms with Crippen molar-refractivity contribution in [3.05, 3.63) is 59.0 Å². The molecule has 0 saturated carbocycles. The Labute approximate surface area is 168 Å². The summed E-state index contributed by atoms with van der Waals surface area (Å²) in [5.74, 6) is 0.109. The summed E-state index contributed by atoms with van der Waals surface area (Å²) in [6.45, 7) is 2.42. The number of rotatable bonds is 7. The number of aryl methyl sites for hydroxylation is 2. The molecule has 0 bridgehead atoms. The number of carbonyl (C=O) groups excluding carboxylic acids is 1. The average Bonchev–Trinajstić information content (AvgIpc) is 3.42. The van der Waals surface area contributed by atoms with Crippen LogP contribution in [-0.2, 0) is 19.9 Å². The predicted octanol–water partition coefficient (Wildman–Crippen LogP) is 1.23. The number of fused-ring (bicyclic) bond motifs is 1. The fraction of sp³-hybridized carbons (Fsp3) is 0.381. The van der Waals surface area contributed by atoms with Gasteiger partial charge >= 0.3 is 0 Å². The van der Waals surface area contributed by atoms with Crippen LogP contribution in [-0.4, -0.2) is 51.2 Å². The number of nitrogens with zero attached hydrogens (tertiary/aromatic N) is 3. The molecule has 1 aromatic carbocycles. The van der Waals surface area contributed by atoms with Crippen molar-refractivity contribution < 1.29 is 14.4 Å². The summed E-state index contributed by atoms with van der Waals surface area (Å²) >= 11 is 0. The first-order valence-corrected chi connectivity index (χ1v) is 9.73. The van der Waals surface area contributed by atoms with Gasteiger partial charge in [0.2, 0.25) is 0 Å². The Bertz CT molecular complexity index is 984. The molecule has 8 nitrogen and oxygen atoms in total. The van der Waals surface area contributed by atoms with Gasteiger partial charge in [0.05, 0.1) is 17.4 Å². The lowest BCUT2D eigenvalue weighted by Crippen LogP contribution is -2.41. The van der Waals surface area contributed by atoms with Gasteiger partial charge in [-0.25, -0.2) is 0 Å². The number of hydrogen-bond donors (Lipinski definition) is 3. The number of carbonyl (C=O) groups is 1. The van der Waals surface area contributed by atoms with Crippen molar-refractivity contribution >= 4 is 5.91 Å². The lowest BCUT2D eigenvalue weighted by Gasteiger charge is -2.16. The zero-order valence-corrected chi connectivity index (χ0v) is 16.6. The average molecular weight is 395 g/mol. The molecule has 1 atom stereocenters. The van der Waals surface area contributed by atoms with Crippen LogP contribution in [0.2, 0.25) is 0 Å². The lowest BCUT2D eigenvalue weighted by molar-refractivity contribution is 0.0905. The maximum Gasteiger partial charge on any atom is 0.273 e. The van der Waals surface area contributed by atoms with E-state index in [1.807, 2.05) is 20.2 Å². The summed E-state index contributed by atoms with van der Waals surface area (Å²) in [6, 6.07) is 10.3. The minimum absolute atomic E-state index is 0.139. The molecule has 2 heterocycles. The number of aliphatic hydroxyl groups is 1. The molecule has 29 heavy (non-hydrogen) atoms. The Balaban J connectivity index is 1.24. The molecule has 152 valence electrons. The zero-order chi connectivity index (χ0) is 20.4. The van der Waals surface area contributed by atoms with Crippen molar-refractivity contribution in [2.45, 2.75) is 31.9 Å². The Kier molecular flexibility index (Phi) is 5.46. The van der Waals surface area contributed by atoms with Gasteiger partial charge < -0.3 is 20.3 Å². The smallest absolute Gasteiger partial charge is 0.273 e. The van der Waals surface area contributed by atoms with Crippen LogP contribution in [0.1, 0.15) is 27.3 Å². The number of benzene rings is 1. The standard InChI is InChI=1S/C21H25N5O3/c1-13-18(12-26(2)24-13)20-9-19(25-29-20)21(28)23-11-17(27)10-22-16-7-14-5-3-4-6-15(14)8-16/h3-6,9,12,16-17,22,27H,7-8,10-11H2,1-2H3,(H,23,28). The Morgan fingerprint density at radius 1 is 1.31 bits per heavy atom. The highest BCUT2D eigenvalue weighted by atomic mass is 16.5. The van der Waals surface area contributed by atoms with Crippen LogP contribution in [0.25, 0.3) is 11.3 Å². The van der Waals surface area contributed by atoms with E-state index in [1.54, 1.807) is 10.7 Å². The van der Waals surface area contributed by atoms with Gasteiger partial charge in [0, 0.05) is 38.4 Å². The number of nitrogens with one attached hydrogen (secondary N) is 2. The van der Waals surface area contributed by atoms with Crippen LogP contribution >= 0.6 is 0 Å². The third-order valence-electron chi connectivity index (χ3n) is 5.21. The molecule has 4 rings (SSSR count). The second kappa shape index (κ2) is 8.18. The van der Waals surface area contributed by atoms with E-state index >= 15 is 0 Å². The van der Waals surface area contributed by atoms with E-state index in [2.05, 4.69) is 45.2 Å². The van der Waals surface area contributed by atoms with Crippen molar-refractivity contribution in [2.24, 2.45) is 7.05 Å². The maximum absolute atomic E-state index is 12.3. The van der Waals surface area contributed by atoms with Crippen molar-refractivity contribution in [3.8, 4) is 11.3 Å². The van der Waals surface area contributed by atoms with E-state index in [4.69, 9.17) is 4.52 Å². The second-order valence-corrected chi connectivity index (χ2v) is 7.52. The molecule has 8 heteroatoms. The Hall–Kier alpha value is -2.97. The summed E-state index contributed by atoms with van der Waals surface area (Å²) in [5, 5.41) is 24.4. The number of hydrogen-bond acceptors (Lipinski definition) is 6. The highest BCUT2D eigenvalue weighted by molar-refractivity contribution is 5.93. The van der Waals surface area contributed by atoms with Gasteiger partial charge in [-0.15, -0.1) is 0 Å². The number of aromatic nitrogens is 3. The van der Waals surface area contributed by atoms with E-state index in [9.17, 15) is 9.90 Å². The van der Waals surface area contributed by atoms with Gasteiger partial charge in [0.25, 0.3) is 5.91 Å². The molecule has 3 N–H and O–H groups in total. The molecule has 1 unspecified atom stereocenters. The fourth-order valence-corrected chi connectivity index (χ4v) is 3.73. The molecule has 0 radical (unpaired) electrons. The molecule has 1 aliphatic carbocycles. The van der Waals surface area contributed by atoms with Gasteiger partial charge in [0.1, 0.15) is 0 Å². The maximum atomic E-state index is 12.3. The van der Waals surface area contributed by atoms with Crippen molar-refractivity contribution in [1.29, 1.82) is 0 Å². The molecule has 0 aliphatic heterocycles. The quantitative estimate of drug-likeness (QED) is 0.556. The van der Waals surface area contributed by atoms with Crippen LogP contribution < -0.4 is 10.6 Å². The summed E-state index contributed by atoms with van der Waals surface area (Å²) in [6.07, 6.45) is 3.05. The third-order valence-corrected chi connectivity index (χ3v) is 5.21. The molecular weight excluding hydrogens is 370 g/mol. The minimum Gasteiger partial charge on any atom is -0.390 e. The molecule has 1 aliphatic rings. The predicted molar refractivity (Wildman–Crippen MR) is 107 cm³/mol. The largest absolute Gasteiger partial charge is 0.390 e. The van der Waals surface area contributed by atoms with E-state index < -0.39 is 6.10 Å². The molecule has 3 aromatic rings. The van der Waals surface area contributed by atoms with Gasteiger partial charge in [-0.05, 0) is 30.9 Å². The summed E-state index contributed by atoms with van der Waals surface area (Å²) in [5.41, 5.74) is 4.48. The van der Waals surface area contributed by atoms with Crippen LogP contribution in [0.15, 0.2) is 41.1 Å². The highest BCUT2D eigenvalue weighted by Gasteiger charge is 2.21. The van der Waals surface area contributed by atoms with E-state index in [-0.39, 0.29) is 18.1 Å². The minimum atomic E-state index is -0.686. The van der Waals surface area contributed by atoms with Gasteiger partial charge in [-0.1, -0.05) is 29.4 Å². The Morgan fingerprint density at radius 2 is 2.03 bits per heavy atom. The first-order chi connectivity index (χ1) is 14.0. The zero-order valence-electron chi connectivity index (χ0n) is 16.6. The summed E-state index contributed by atoms with van der Waals surface area (Å²) in [7, 11) is 1.82. The monoisotopic (exact) mass is 395 g/mol. The van der Waals surface area contributed by atoms with Crippen LogP contribution in [0.4, 0.5) is 0 Å². The molecule has 1 amide bonds. The van der Waals surface area contributed by atoms with Crippen molar-refractivity contribution in [1.82, 2.24) is 25.6 Å². The fourth-order valence-electron chi connectivity index (χ4n) is 3.73. The van der Waals surface area contributed by atoms with E-state index in [0.717, 1.165) is 24.1 Å². The van der Waals surface area contributed by atoms with Crippen molar-refractivity contribution in [2.75, 3.05) is 13.1 Å². The molecule has 0 fully saturated rings. The second-order valence-electron chi connectivity index (χ2n) is 7.52. The van der Waals surface area contributed by atoms with Gasteiger partial charge in [-0.2, -0.15) is 5.10 Å². The SMILES string of the molecule is Cc1nn(C)cc1-c1cc(C(=O)NCC(O)CNC2Cc3ccccc3C2)no1. The topological polar surface area (TPSA) is 105 Å². The normalized spacial score (nSPS) is 14.7. The molecule has 0 saturated heterocycles. The summed E-state index contributed by atoms with van der Waals surface area (Å²) in [4.78, 5) is 12.3. The van der Waals surface area contributed by atoms with Gasteiger partial charge in [-0.3, -0.25) is 9.48 Å². The van der Waals surface area contributed by atoms with Crippen LogP contribution in [0, 0.1) is 6.92 Å². The van der Waals surface area contributed by atoms with E-state index in [0.29, 0.717) is 18.3 Å². The van der Waals surface area contributed by atoms with E-state index in [1.165, 1.54) is 11.1 Å². The first-order valence-electron chi connectivity index (χ1n) is 9.73. The molecule has 0 spiro atoms. The van der Waals surface area contributed by atoms with Crippen LogP contribution in [0.5, 0.6) is 0 Å². The van der Waals surface area contributed by atoms with Crippen molar-refractivity contribution in [3.63, 3.8) is 0 Å². The van der Waals surface area contributed by atoms with Crippen LogP contribution in [0.3, 0.4) is 0 Å². The number of aliphatic hydroxyl groups excluding tert-OH is 1. The summed E-state index contributed by atoms with van der Waals surface area (Å²) < 4.78 is 6.96. The number of amides is 1. The first kappa shape index (κ1) is 19.4. The highest BCUT2D eigenvalue weighted by Crippen LogP contribution is 2.23. The molecular formula is C21H25N5O3.